The van der Waals surface area contributed by atoms with Gasteiger partial charge in [-0.15, -0.1) is 0 Å². The molecule has 0 atom stereocenters. The minimum atomic E-state index is -0.0387. The van der Waals surface area contributed by atoms with Crippen LogP contribution in [0.3, 0.4) is 0 Å². The van der Waals surface area contributed by atoms with Crippen LogP contribution in [0.5, 0.6) is 0 Å². The lowest BCUT2D eigenvalue weighted by molar-refractivity contribution is 0.0951. The number of nitrogens with zero attached hydrogens (tertiary/aromatic N) is 1. The molecule has 0 saturated carbocycles. The summed E-state index contributed by atoms with van der Waals surface area (Å²) < 4.78 is 5.43. The lowest BCUT2D eigenvalue weighted by Gasteiger charge is -2.10. The number of hydrogen-bond acceptors (Lipinski definition) is 4. The van der Waals surface area contributed by atoms with E-state index in [1.807, 2.05) is 57.1 Å². The second-order valence-corrected chi connectivity index (χ2v) is 5.64. The molecule has 0 aromatic heterocycles. The van der Waals surface area contributed by atoms with Crippen LogP contribution in [0.1, 0.15) is 24.2 Å². The molecule has 0 bridgehead atoms. The third-order valence-corrected chi connectivity index (χ3v) is 3.24. The van der Waals surface area contributed by atoms with Gasteiger partial charge in [-0.1, -0.05) is 0 Å². The highest BCUT2D eigenvalue weighted by molar-refractivity contribution is 7.94. The van der Waals surface area contributed by atoms with Crippen LogP contribution >= 0.6 is 12.0 Å². The maximum Gasteiger partial charge on any atom is 0.251 e. The van der Waals surface area contributed by atoms with Gasteiger partial charge in [-0.3, -0.25) is 4.79 Å². The SMILES string of the molecule is CC(C)OSc1ccc(C(=O)NCCN(C)C)cc1. The first-order valence-electron chi connectivity index (χ1n) is 6.35. The summed E-state index contributed by atoms with van der Waals surface area (Å²) in [6.07, 6.45) is 0.180. The van der Waals surface area contributed by atoms with Crippen molar-refractivity contribution in [3.63, 3.8) is 0 Å². The van der Waals surface area contributed by atoms with Crippen LogP contribution in [-0.2, 0) is 4.18 Å². The highest BCUT2D eigenvalue weighted by Gasteiger charge is 2.05. The smallest absolute Gasteiger partial charge is 0.251 e. The number of benzene rings is 1. The van der Waals surface area contributed by atoms with E-state index in [0.29, 0.717) is 12.1 Å². The van der Waals surface area contributed by atoms with Gasteiger partial charge in [0.15, 0.2) is 0 Å². The fourth-order valence-corrected chi connectivity index (χ4v) is 1.86. The number of nitrogens with one attached hydrogen (secondary N) is 1. The van der Waals surface area contributed by atoms with Crippen molar-refractivity contribution in [2.45, 2.75) is 24.8 Å². The van der Waals surface area contributed by atoms with Crippen molar-refractivity contribution in [1.82, 2.24) is 10.2 Å². The molecule has 0 aliphatic rings. The average molecular weight is 282 g/mol. The highest BCUT2D eigenvalue weighted by atomic mass is 32.2. The molecule has 0 heterocycles. The van der Waals surface area contributed by atoms with Gasteiger partial charge in [-0.25, -0.2) is 0 Å². The topological polar surface area (TPSA) is 41.6 Å². The third-order valence-electron chi connectivity index (χ3n) is 2.30. The number of rotatable bonds is 7. The minimum absolute atomic E-state index is 0.0387. The van der Waals surface area contributed by atoms with Gasteiger partial charge in [0, 0.05) is 35.6 Å². The molecule has 0 aliphatic heterocycles. The van der Waals surface area contributed by atoms with Crippen LogP contribution in [0.25, 0.3) is 0 Å². The zero-order valence-electron chi connectivity index (χ0n) is 12.0. The summed E-state index contributed by atoms with van der Waals surface area (Å²) in [7, 11) is 3.96. The predicted octanol–water partition coefficient (Wildman–Crippen LogP) is 2.41. The Labute approximate surface area is 119 Å². The van der Waals surface area contributed by atoms with E-state index in [2.05, 4.69) is 5.32 Å². The van der Waals surface area contributed by atoms with Gasteiger partial charge in [-0.2, -0.15) is 0 Å². The molecular formula is C14H22N2O2S. The zero-order chi connectivity index (χ0) is 14.3. The maximum atomic E-state index is 11.8. The summed E-state index contributed by atoms with van der Waals surface area (Å²) in [5.41, 5.74) is 0.674. The van der Waals surface area contributed by atoms with Crippen LogP contribution in [0.4, 0.5) is 0 Å². The number of amides is 1. The molecule has 0 radical (unpaired) electrons. The largest absolute Gasteiger partial charge is 0.351 e. The molecule has 0 fully saturated rings. The predicted molar refractivity (Wildman–Crippen MR) is 79.4 cm³/mol. The van der Waals surface area contributed by atoms with Gasteiger partial charge in [0.2, 0.25) is 0 Å². The Bertz CT molecular complexity index is 391. The first-order valence-corrected chi connectivity index (χ1v) is 7.09. The van der Waals surface area contributed by atoms with E-state index in [-0.39, 0.29) is 12.0 Å². The van der Waals surface area contributed by atoms with Crippen LogP contribution in [0.2, 0.25) is 0 Å². The van der Waals surface area contributed by atoms with Crippen molar-refractivity contribution in [3.8, 4) is 0 Å². The number of carbonyl (C=O) groups excluding carboxylic acids is 1. The van der Waals surface area contributed by atoms with E-state index in [1.165, 1.54) is 12.0 Å². The molecule has 0 unspecified atom stereocenters. The van der Waals surface area contributed by atoms with Crippen molar-refractivity contribution in [2.24, 2.45) is 0 Å². The van der Waals surface area contributed by atoms with Crippen molar-refractivity contribution in [1.29, 1.82) is 0 Å². The Hall–Kier alpha value is -1.04. The molecular weight excluding hydrogens is 260 g/mol. The number of hydrogen-bond donors (Lipinski definition) is 1. The molecule has 1 N–H and O–H groups in total. The molecule has 106 valence electrons. The first kappa shape index (κ1) is 16.0. The average Bonchev–Trinajstić information content (AvgIpc) is 2.36. The molecule has 4 nitrogen and oxygen atoms in total. The van der Waals surface area contributed by atoms with E-state index in [9.17, 15) is 4.79 Å². The van der Waals surface area contributed by atoms with Crippen molar-refractivity contribution in [2.75, 3.05) is 27.2 Å². The van der Waals surface area contributed by atoms with Gasteiger partial charge in [0.1, 0.15) is 0 Å². The van der Waals surface area contributed by atoms with E-state index in [0.717, 1.165) is 11.4 Å². The van der Waals surface area contributed by atoms with E-state index in [4.69, 9.17) is 4.18 Å². The molecule has 0 aliphatic carbocycles. The monoisotopic (exact) mass is 282 g/mol. The number of carbonyl (C=O) groups is 1. The van der Waals surface area contributed by atoms with Crippen molar-refractivity contribution in [3.05, 3.63) is 29.8 Å². The van der Waals surface area contributed by atoms with Gasteiger partial charge in [0.05, 0.1) is 6.10 Å². The Morgan fingerprint density at radius 1 is 1.32 bits per heavy atom. The maximum absolute atomic E-state index is 11.8. The fourth-order valence-electron chi connectivity index (χ4n) is 1.31. The molecule has 0 spiro atoms. The standard InChI is InChI=1S/C14H22N2O2S/c1-11(2)18-19-13-7-5-12(6-8-13)14(17)15-9-10-16(3)4/h5-8,11H,9-10H2,1-4H3,(H,15,17). The lowest BCUT2D eigenvalue weighted by Crippen LogP contribution is -2.31. The summed E-state index contributed by atoms with van der Waals surface area (Å²) in [6, 6.07) is 7.43. The zero-order valence-corrected chi connectivity index (χ0v) is 12.8. The third kappa shape index (κ3) is 6.61. The molecule has 1 aromatic carbocycles. The second-order valence-electron chi connectivity index (χ2n) is 4.81. The van der Waals surface area contributed by atoms with E-state index >= 15 is 0 Å². The van der Waals surface area contributed by atoms with E-state index in [1.54, 1.807) is 0 Å². The molecule has 1 aromatic rings. The van der Waals surface area contributed by atoms with Gasteiger partial charge in [-0.05, 0) is 52.2 Å². The van der Waals surface area contributed by atoms with Crippen LogP contribution in [-0.4, -0.2) is 44.1 Å². The van der Waals surface area contributed by atoms with Crippen LogP contribution in [0.15, 0.2) is 29.2 Å². The second kappa shape index (κ2) is 8.19. The Morgan fingerprint density at radius 3 is 2.47 bits per heavy atom. The summed E-state index contributed by atoms with van der Waals surface area (Å²) in [4.78, 5) is 14.9. The van der Waals surface area contributed by atoms with Gasteiger partial charge in [0.25, 0.3) is 5.91 Å². The summed E-state index contributed by atoms with van der Waals surface area (Å²) in [5, 5.41) is 2.88. The molecule has 19 heavy (non-hydrogen) atoms. The Morgan fingerprint density at radius 2 is 1.95 bits per heavy atom. The summed E-state index contributed by atoms with van der Waals surface area (Å²) in [6.45, 7) is 5.46. The molecule has 0 saturated heterocycles. The highest BCUT2D eigenvalue weighted by Crippen LogP contribution is 2.21. The Balaban J connectivity index is 2.44. The first-order chi connectivity index (χ1) is 8.99. The van der Waals surface area contributed by atoms with Crippen LogP contribution < -0.4 is 5.32 Å². The minimum Gasteiger partial charge on any atom is -0.351 e. The molecule has 1 amide bonds. The summed E-state index contributed by atoms with van der Waals surface area (Å²) >= 11 is 1.33. The normalized spacial score (nSPS) is 11.1. The van der Waals surface area contributed by atoms with E-state index < -0.39 is 0 Å². The summed E-state index contributed by atoms with van der Waals surface area (Å²) in [5.74, 6) is -0.0387. The lowest BCUT2D eigenvalue weighted by atomic mass is 10.2. The number of likely N-dealkylation sites (N-methyl/N-ethyl adjacent to an activating group) is 1. The molecule has 1 rings (SSSR count). The fraction of sp³-hybridized carbons (Fsp3) is 0.500. The Kier molecular flexibility index (Phi) is 6.91. The van der Waals surface area contributed by atoms with Crippen LogP contribution in [0, 0.1) is 0 Å². The van der Waals surface area contributed by atoms with Crippen molar-refractivity contribution < 1.29 is 8.98 Å². The quantitative estimate of drug-likeness (QED) is 0.780. The van der Waals surface area contributed by atoms with Crippen molar-refractivity contribution >= 4 is 17.9 Å². The van der Waals surface area contributed by atoms with Gasteiger partial charge >= 0.3 is 0 Å². The molecule has 5 heteroatoms. The van der Waals surface area contributed by atoms with Gasteiger partial charge < -0.3 is 14.4 Å².